The Hall–Kier alpha value is -3.16. The number of allylic oxidation sites excluding steroid dienone is 2. The van der Waals surface area contributed by atoms with Crippen LogP contribution in [0.25, 0.3) is 0 Å². The summed E-state index contributed by atoms with van der Waals surface area (Å²) in [7, 11) is 0. The number of amides is 2. The highest BCUT2D eigenvalue weighted by Gasteiger charge is 2.59. The lowest BCUT2D eigenvalue weighted by Gasteiger charge is -2.13. The summed E-state index contributed by atoms with van der Waals surface area (Å²) in [6.45, 7) is 0.142. The Labute approximate surface area is 199 Å². The molecule has 4 unspecified atom stereocenters. The summed E-state index contributed by atoms with van der Waals surface area (Å²) in [4.78, 5) is 36.4. The van der Waals surface area contributed by atoms with Crippen molar-refractivity contribution < 1.29 is 24.2 Å². The van der Waals surface area contributed by atoms with E-state index in [9.17, 15) is 14.4 Å². The van der Waals surface area contributed by atoms with E-state index in [1.807, 2.05) is 12.2 Å². The van der Waals surface area contributed by atoms with Crippen LogP contribution in [0, 0.1) is 23.7 Å². The van der Waals surface area contributed by atoms with Crippen LogP contribution >= 0.6 is 23.2 Å². The van der Waals surface area contributed by atoms with Crippen molar-refractivity contribution in [2.45, 2.75) is 13.0 Å². The number of halogens is 2. The van der Waals surface area contributed by atoms with Gasteiger partial charge in [-0.2, -0.15) is 10.1 Å². The average molecular weight is 485 g/mol. The van der Waals surface area contributed by atoms with Crippen LogP contribution in [0.3, 0.4) is 0 Å². The fourth-order valence-electron chi connectivity index (χ4n) is 4.82. The number of imide groups is 1. The van der Waals surface area contributed by atoms with E-state index < -0.39 is 5.97 Å². The summed E-state index contributed by atoms with van der Waals surface area (Å²) in [5.74, 6) is -1.63. The lowest BCUT2D eigenvalue weighted by Crippen LogP contribution is -2.28. The Bertz CT molecular complexity index is 1170. The fraction of sp³-hybridized carbons (Fsp3) is 0.250. The summed E-state index contributed by atoms with van der Waals surface area (Å²) in [6.07, 6.45) is 6.31. The zero-order valence-electron chi connectivity index (χ0n) is 17.2. The van der Waals surface area contributed by atoms with Crippen LogP contribution < -0.4 is 4.74 Å². The van der Waals surface area contributed by atoms with Gasteiger partial charge in [0.15, 0.2) is 5.75 Å². The molecule has 2 aromatic rings. The molecular formula is C24H18Cl2N2O5. The van der Waals surface area contributed by atoms with Crippen molar-refractivity contribution in [3.05, 3.63) is 75.3 Å². The Balaban J connectivity index is 1.28. The fourth-order valence-corrected chi connectivity index (χ4v) is 5.43. The van der Waals surface area contributed by atoms with E-state index in [4.69, 9.17) is 33.0 Å². The van der Waals surface area contributed by atoms with Gasteiger partial charge in [-0.15, -0.1) is 0 Å². The maximum absolute atomic E-state index is 12.7. The van der Waals surface area contributed by atoms with Crippen LogP contribution in [0.15, 0.2) is 53.7 Å². The first-order valence-electron chi connectivity index (χ1n) is 10.4. The molecule has 2 amide bonds. The van der Waals surface area contributed by atoms with E-state index >= 15 is 0 Å². The number of hydrogen-bond acceptors (Lipinski definition) is 5. The van der Waals surface area contributed by atoms with Gasteiger partial charge in [0.25, 0.3) is 11.8 Å². The van der Waals surface area contributed by atoms with Gasteiger partial charge in [0.05, 0.1) is 33.7 Å². The van der Waals surface area contributed by atoms with Crippen LogP contribution in [0.1, 0.15) is 27.9 Å². The molecular weight excluding hydrogens is 467 g/mol. The molecule has 1 N–H and O–H groups in total. The van der Waals surface area contributed by atoms with Crippen molar-refractivity contribution in [2.24, 2.45) is 28.8 Å². The summed E-state index contributed by atoms with van der Waals surface area (Å²) < 4.78 is 5.72. The summed E-state index contributed by atoms with van der Waals surface area (Å²) in [5, 5.41) is 14.6. The second kappa shape index (κ2) is 8.32. The molecule has 0 spiro atoms. The standard InChI is InChI=1S/C24H18Cl2N2O5/c25-17-7-13(8-18(26)21(17)33-11-12-1-3-14(4-2-12)24(31)32)10-27-28-22(29)19-15-5-6-16(9-15)20(19)23(28)30/h1-8,10,15-16,19-20H,9,11H2,(H,31,32). The third-order valence-corrected chi connectivity index (χ3v) is 6.94. The van der Waals surface area contributed by atoms with E-state index in [2.05, 4.69) is 5.10 Å². The molecule has 2 fully saturated rings. The normalized spacial score (nSPS) is 25.3. The minimum Gasteiger partial charge on any atom is -0.486 e. The van der Waals surface area contributed by atoms with E-state index in [0.29, 0.717) is 5.56 Å². The van der Waals surface area contributed by atoms with Crippen LogP contribution in [0.2, 0.25) is 10.0 Å². The minimum atomic E-state index is -1.00. The van der Waals surface area contributed by atoms with Crippen molar-refractivity contribution in [3.8, 4) is 5.75 Å². The molecule has 168 valence electrons. The van der Waals surface area contributed by atoms with Gasteiger partial charge >= 0.3 is 5.97 Å². The molecule has 9 heteroatoms. The maximum atomic E-state index is 12.7. The van der Waals surface area contributed by atoms with Gasteiger partial charge < -0.3 is 9.84 Å². The Morgan fingerprint density at radius 3 is 2.18 bits per heavy atom. The van der Waals surface area contributed by atoms with Crippen LogP contribution in [0.5, 0.6) is 5.75 Å². The summed E-state index contributed by atoms with van der Waals surface area (Å²) in [5.41, 5.74) is 1.45. The molecule has 0 aromatic heterocycles. The van der Waals surface area contributed by atoms with Gasteiger partial charge in [0, 0.05) is 0 Å². The SMILES string of the molecule is O=C(O)c1ccc(COc2c(Cl)cc(C=NN3C(=O)C4C5C=CC(C5)C4C3=O)cc2Cl)cc1. The number of carboxylic acids is 1. The highest BCUT2D eigenvalue weighted by Crippen LogP contribution is 2.52. The predicted molar refractivity (Wildman–Crippen MR) is 121 cm³/mol. The Morgan fingerprint density at radius 1 is 1.06 bits per heavy atom. The summed E-state index contributed by atoms with van der Waals surface area (Å²) >= 11 is 12.7. The highest BCUT2D eigenvalue weighted by molar-refractivity contribution is 6.37. The van der Waals surface area contributed by atoms with Gasteiger partial charge in [-0.1, -0.05) is 47.5 Å². The van der Waals surface area contributed by atoms with Crippen molar-refractivity contribution in [1.29, 1.82) is 0 Å². The van der Waals surface area contributed by atoms with Crippen molar-refractivity contribution in [3.63, 3.8) is 0 Å². The first-order valence-corrected chi connectivity index (χ1v) is 11.1. The maximum Gasteiger partial charge on any atom is 0.335 e. The van der Waals surface area contributed by atoms with Gasteiger partial charge in [-0.05, 0) is 53.6 Å². The molecule has 33 heavy (non-hydrogen) atoms. The highest BCUT2D eigenvalue weighted by atomic mass is 35.5. The third kappa shape index (κ3) is 3.81. The van der Waals surface area contributed by atoms with Crippen LogP contribution in [-0.4, -0.2) is 34.1 Å². The lowest BCUT2D eigenvalue weighted by atomic mass is 9.85. The molecule has 3 aliphatic rings. The van der Waals surface area contributed by atoms with Crippen molar-refractivity contribution in [1.82, 2.24) is 5.01 Å². The van der Waals surface area contributed by atoms with E-state index in [1.54, 1.807) is 24.3 Å². The largest absolute Gasteiger partial charge is 0.486 e. The molecule has 1 aliphatic heterocycles. The molecule has 5 rings (SSSR count). The quantitative estimate of drug-likeness (QED) is 0.372. The van der Waals surface area contributed by atoms with Gasteiger partial charge in [-0.3, -0.25) is 9.59 Å². The number of carbonyl (C=O) groups excluding carboxylic acids is 2. The van der Waals surface area contributed by atoms with Gasteiger partial charge in [0.1, 0.15) is 6.61 Å². The number of rotatable bonds is 6. The first kappa shape index (κ1) is 21.7. The first-order chi connectivity index (χ1) is 15.8. The second-order valence-electron chi connectivity index (χ2n) is 8.34. The molecule has 2 aromatic carbocycles. The molecule has 2 aliphatic carbocycles. The number of aromatic carboxylic acids is 1. The molecule has 1 saturated heterocycles. The zero-order valence-corrected chi connectivity index (χ0v) is 18.7. The monoisotopic (exact) mass is 484 g/mol. The van der Waals surface area contributed by atoms with E-state index in [-0.39, 0.29) is 63.5 Å². The number of fused-ring (bicyclic) bond motifs is 5. The molecule has 7 nitrogen and oxygen atoms in total. The Morgan fingerprint density at radius 2 is 1.64 bits per heavy atom. The van der Waals surface area contributed by atoms with Gasteiger partial charge in [-0.25, -0.2) is 4.79 Å². The topological polar surface area (TPSA) is 96.3 Å². The van der Waals surface area contributed by atoms with Crippen molar-refractivity contribution >= 4 is 47.2 Å². The average Bonchev–Trinajstić information content (AvgIpc) is 3.46. The minimum absolute atomic E-state index is 0.123. The number of hydrazone groups is 1. The predicted octanol–water partition coefficient (Wildman–Crippen LogP) is 4.41. The lowest BCUT2D eigenvalue weighted by molar-refractivity contribution is -0.140. The number of nitrogens with zero attached hydrogens (tertiary/aromatic N) is 2. The van der Waals surface area contributed by atoms with Gasteiger partial charge in [0.2, 0.25) is 0 Å². The number of hydrogen-bond donors (Lipinski definition) is 1. The third-order valence-electron chi connectivity index (χ3n) is 6.37. The summed E-state index contributed by atoms with van der Waals surface area (Å²) in [6, 6.07) is 9.43. The van der Waals surface area contributed by atoms with E-state index in [0.717, 1.165) is 17.0 Å². The number of benzene rings is 2. The zero-order chi connectivity index (χ0) is 23.3. The molecule has 1 heterocycles. The second-order valence-corrected chi connectivity index (χ2v) is 9.15. The molecule has 4 atom stereocenters. The smallest absolute Gasteiger partial charge is 0.335 e. The Kier molecular flexibility index (Phi) is 5.46. The molecule has 1 saturated carbocycles. The van der Waals surface area contributed by atoms with Crippen LogP contribution in [0.4, 0.5) is 0 Å². The van der Waals surface area contributed by atoms with E-state index in [1.165, 1.54) is 18.3 Å². The number of carbonyl (C=O) groups is 3. The van der Waals surface area contributed by atoms with Crippen molar-refractivity contribution in [2.75, 3.05) is 0 Å². The molecule has 0 radical (unpaired) electrons. The number of carboxylic acid groups (broad SMARTS) is 1. The molecule has 2 bridgehead atoms. The van der Waals surface area contributed by atoms with Crippen LogP contribution in [-0.2, 0) is 16.2 Å². The number of ether oxygens (including phenoxy) is 1.